The third kappa shape index (κ3) is 3.35. The first-order chi connectivity index (χ1) is 12.6. The quantitative estimate of drug-likeness (QED) is 0.864. The lowest BCUT2D eigenvalue weighted by atomic mass is 10.1. The fraction of sp³-hybridized carbons (Fsp3) is 0.263. The van der Waals surface area contributed by atoms with Gasteiger partial charge in [-0.05, 0) is 55.5 Å². The lowest BCUT2D eigenvalue weighted by Crippen LogP contribution is -2.25. The number of benzene rings is 1. The Morgan fingerprint density at radius 2 is 2.19 bits per heavy atom. The molecule has 1 atom stereocenters. The fourth-order valence-corrected chi connectivity index (χ4v) is 3.73. The first-order valence-electron chi connectivity index (χ1n) is 8.48. The molecule has 0 saturated heterocycles. The Balaban J connectivity index is 1.38. The van der Waals surface area contributed by atoms with E-state index in [4.69, 9.17) is 9.15 Å². The first-order valence-corrected chi connectivity index (χ1v) is 9.36. The number of hydrogen-bond donors (Lipinski definition) is 2. The van der Waals surface area contributed by atoms with Gasteiger partial charge in [0.15, 0.2) is 0 Å². The summed E-state index contributed by atoms with van der Waals surface area (Å²) in [5.74, 6) is 0.367. The van der Waals surface area contributed by atoms with Gasteiger partial charge < -0.3 is 14.5 Å². The standard InChI is InChI=1S/C19H19N3O3S/c1-11-16(8-9-24-11)18-21-22-19(25-18)26-12(2)17(23)20-15-7-6-13-4-3-5-14(13)10-15/h6-10,12,21H,1,3-5H2,2H3,(H,20,23). The summed E-state index contributed by atoms with van der Waals surface area (Å²) in [4.78, 5) is 12.5. The Labute approximate surface area is 155 Å². The molecular weight excluding hydrogens is 350 g/mol. The molecule has 0 saturated carbocycles. The second-order valence-electron chi connectivity index (χ2n) is 6.26. The van der Waals surface area contributed by atoms with E-state index in [1.165, 1.54) is 35.6 Å². The van der Waals surface area contributed by atoms with E-state index in [9.17, 15) is 4.79 Å². The molecule has 1 aromatic carbocycles. The molecule has 0 spiro atoms. The van der Waals surface area contributed by atoms with Crippen molar-refractivity contribution in [2.75, 3.05) is 5.32 Å². The number of carbonyl (C=O) groups excluding carboxylic acids is 1. The number of rotatable bonds is 3. The Morgan fingerprint density at radius 3 is 3.00 bits per heavy atom. The number of carbonyl (C=O) groups is 1. The number of hydrazone groups is 1. The van der Waals surface area contributed by atoms with Crippen LogP contribution < -0.4 is 21.4 Å². The number of nitrogens with zero attached hydrogens (tertiary/aromatic N) is 1. The third-order valence-electron chi connectivity index (χ3n) is 4.44. The van der Waals surface area contributed by atoms with Crippen LogP contribution >= 0.6 is 11.8 Å². The van der Waals surface area contributed by atoms with Gasteiger partial charge in [0.1, 0.15) is 5.42 Å². The minimum atomic E-state index is -0.355. The van der Waals surface area contributed by atoms with E-state index < -0.39 is 0 Å². The van der Waals surface area contributed by atoms with Crippen molar-refractivity contribution in [3.05, 3.63) is 52.3 Å². The van der Waals surface area contributed by atoms with Gasteiger partial charge in [0.2, 0.25) is 11.8 Å². The van der Waals surface area contributed by atoms with Crippen molar-refractivity contribution in [1.29, 1.82) is 0 Å². The lowest BCUT2D eigenvalue weighted by Gasteiger charge is -2.12. The van der Waals surface area contributed by atoms with E-state index in [0.717, 1.165) is 18.5 Å². The average molecular weight is 369 g/mol. The molecular formula is C19H19N3O3S. The summed E-state index contributed by atoms with van der Waals surface area (Å²) in [6, 6.07) is 7.89. The van der Waals surface area contributed by atoms with Gasteiger partial charge in [0, 0.05) is 5.69 Å². The number of hydrogen-bond acceptors (Lipinski definition) is 6. The van der Waals surface area contributed by atoms with Crippen LogP contribution in [-0.4, -0.2) is 16.4 Å². The van der Waals surface area contributed by atoms with Crippen molar-refractivity contribution in [2.45, 2.75) is 31.4 Å². The van der Waals surface area contributed by atoms with Crippen LogP contribution in [0.3, 0.4) is 0 Å². The summed E-state index contributed by atoms with van der Waals surface area (Å²) in [6.45, 7) is 5.60. The summed E-state index contributed by atoms with van der Waals surface area (Å²) >= 11 is 1.25. The summed E-state index contributed by atoms with van der Waals surface area (Å²) < 4.78 is 10.8. The molecule has 1 aliphatic heterocycles. The largest absolute Gasteiger partial charge is 0.465 e. The van der Waals surface area contributed by atoms with Crippen molar-refractivity contribution in [3.8, 4) is 0 Å². The Kier molecular flexibility index (Phi) is 4.46. The Morgan fingerprint density at radius 1 is 1.35 bits per heavy atom. The number of furan rings is 1. The van der Waals surface area contributed by atoms with Gasteiger partial charge in [-0.15, -0.1) is 5.10 Å². The molecule has 2 aliphatic rings. The summed E-state index contributed by atoms with van der Waals surface area (Å²) in [5.41, 5.74) is 6.85. The molecule has 1 amide bonds. The zero-order chi connectivity index (χ0) is 18.1. The second-order valence-corrected chi connectivity index (χ2v) is 7.56. The zero-order valence-electron chi connectivity index (χ0n) is 14.4. The molecule has 1 aliphatic carbocycles. The topological polar surface area (TPSA) is 75.9 Å². The van der Waals surface area contributed by atoms with Crippen LogP contribution in [0.2, 0.25) is 0 Å². The maximum atomic E-state index is 12.5. The van der Waals surface area contributed by atoms with Gasteiger partial charge >= 0.3 is 0 Å². The minimum absolute atomic E-state index is 0.0890. The van der Waals surface area contributed by atoms with Crippen LogP contribution in [0.1, 0.15) is 24.5 Å². The second kappa shape index (κ2) is 6.92. The van der Waals surface area contributed by atoms with Crippen molar-refractivity contribution in [1.82, 2.24) is 5.43 Å². The molecule has 0 radical (unpaired) electrons. The number of ether oxygens (including phenoxy) is 1. The predicted octanol–water partition coefficient (Wildman–Crippen LogP) is 1.90. The molecule has 2 heterocycles. The van der Waals surface area contributed by atoms with Crippen LogP contribution in [0.4, 0.5) is 5.69 Å². The molecule has 7 heteroatoms. The monoisotopic (exact) mass is 369 g/mol. The van der Waals surface area contributed by atoms with Crippen LogP contribution in [0, 0.1) is 0 Å². The van der Waals surface area contributed by atoms with Crippen molar-refractivity contribution >= 4 is 41.0 Å². The predicted molar refractivity (Wildman–Crippen MR) is 103 cm³/mol. The van der Waals surface area contributed by atoms with Crippen LogP contribution in [-0.2, 0) is 22.4 Å². The summed E-state index contributed by atoms with van der Waals surface area (Å²) in [6.07, 6.45) is 4.94. The van der Waals surface area contributed by atoms with E-state index >= 15 is 0 Å². The average Bonchev–Trinajstić information content (AvgIpc) is 3.34. The molecule has 0 fully saturated rings. The molecule has 134 valence electrons. The lowest BCUT2D eigenvalue weighted by molar-refractivity contribution is -0.115. The fourth-order valence-electron chi connectivity index (χ4n) is 3.04. The number of thioether (sulfide) groups is 1. The molecule has 4 rings (SSSR count). The van der Waals surface area contributed by atoms with E-state index in [-0.39, 0.29) is 11.2 Å². The number of fused-ring (bicyclic) bond motifs is 1. The highest BCUT2D eigenvalue weighted by Crippen LogP contribution is 2.26. The summed E-state index contributed by atoms with van der Waals surface area (Å²) in [7, 11) is 0. The molecule has 2 N–H and O–H groups in total. The van der Waals surface area contributed by atoms with E-state index in [2.05, 4.69) is 34.6 Å². The highest BCUT2D eigenvalue weighted by Gasteiger charge is 2.23. The van der Waals surface area contributed by atoms with Gasteiger partial charge in [-0.2, -0.15) is 0 Å². The maximum absolute atomic E-state index is 12.5. The van der Waals surface area contributed by atoms with E-state index in [0.29, 0.717) is 21.7 Å². The smallest absolute Gasteiger partial charge is 0.275 e. The number of amides is 1. The minimum Gasteiger partial charge on any atom is -0.465 e. The van der Waals surface area contributed by atoms with E-state index in [1.54, 1.807) is 6.07 Å². The van der Waals surface area contributed by atoms with E-state index in [1.807, 2.05) is 13.0 Å². The molecule has 1 unspecified atom stereocenters. The molecule has 26 heavy (non-hydrogen) atoms. The Hall–Kier alpha value is -2.67. The van der Waals surface area contributed by atoms with Crippen LogP contribution in [0.15, 0.2) is 40.0 Å². The molecule has 2 aromatic rings. The highest BCUT2D eigenvalue weighted by atomic mass is 32.2. The molecule has 1 aromatic heterocycles. The van der Waals surface area contributed by atoms with Gasteiger partial charge in [0.05, 0.1) is 16.7 Å². The maximum Gasteiger partial charge on any atom is 0.275 e. The number of aryl methyl sites for hydroxylation is 2. The van der Waals surface area contributed by atoms with Gasteiger partial charge in [-0.1, -0.05) is 24.4 Å². The van der Waals surface area contributed by atoms with Crippen LogP contribution in [0.25, 0.3) is 12.5 Å². The third-order valence-corrected chi connectivity index (χ3v) is 5.38. The number of anilines is 1. The Bertz CT molecular complexity index is 996. The van der Waals surface area contributed by atoms with Crippen LogP contribution in [0.5, 0.6) is 0 Å². The number of nitrogens with one attached hydrogen (secondary N) is 2. The van der Waals surface area contributed by atoms with Crippen molar-refractivity contribution < 1.29 is 13.9 Å². The first kappa shape index (κ1) is 16.8. The normalized spacial score (nSPS) is 18.6. The van der Waals surface area contributed by atoms with Crippen molar-refractivity contribution in [2.24, 2.45) is 5.10 Å². The highest BCUT2D eigenvalue weighted by molar-refractivity contribution is 8.14. The van der Waals surface area contributed by atoms with Gasteiger partial charge in [-0.3, -0.25) is 4.79 Å². The SMILES string of the molecule is C=c1occc1=C1NN=C(SC(C)C(=O)Nc2ccc3c(c2)CCC3)O1. The van der Waals surface area contributed by atoms with Crippen molar-refractivity contribution in [3.63, 3.8) is 0 Å². The molecule has 0 bridgehead atoms. The summed E-state index contributed by atoms with van der Waals surface area (Å²) in [5, 5.41) is 7.82. The van der Waals surface area contributed by atoms with Gasteiger partial charge in [-0.25, -0.2) is 5.43 Å². The zero-order valence-corrected chi connectivity index (χ0v) is 15.2. The molecule has 6 nitrogen and oxygen atoms in total. The van der Waals surface area contributed by atoms with Gasteiger partial charge in [0.25, 0.3) is 5.23 Å².